The summed E-state index contributed by atoms with van der Waals surface area (Å²) >= 11 is 0. The fourth-order valence-corrected chi connectivity index (χ4v) is 9.87. The molecule has 6 rings (SSSR count). The molecule has 3 saturated carbocycles. The van der Waals surface area contributed by atoms with Crippen molar-refractivity contribution in [1.29, 1.82) is 0 Å². The van der Waals surface area contributed by atoms with Gasteiger partial charge in [-0.1, -0.05) is 23.7 Å². The standard InChI is InChI=1S/C30H45N3O3/c1-18-24(20(3)36-31-18)16-35-28(34)33(6)22-11-13-29(4)21(15-22)7-8-23-26(29)12-14-30-17-32(5)19(2)25(30)9-10-27(23)30/h7,19,22-23,25-27H,8-17H2,1-6H3/t19-,22-,23+,25+,26-,27-,29-,30?/m0/s1. The topological polar surface area (TPSA) is 58.8 Å². The molecule has 1 aromatic heterocycles. The second kappa shape index (κ2) is 8.61. The Hall–Kier alpha value is -1.82. The molecule has 1 aromatic rings. The lowest BCUT2D eigenvalue weighted by atomic mass is 9.47. The number of fused-ring (bicyclic) bond motifs is 4. The van der Waals surface area contributed by atoms with Gasteiger partial charge in [-0.3, -0.25) is 0 Å². The van der Waals surface area contributed by atoms with Crippen LogP contribution in [0.2, 0.25) is 0 Å². The van der Waals surface area contributed by atoms with Crippen molar-refractivity contribution in [3.05, 3.63) is 28.7 Å². The predicted molar refractivity (Wildman–Crippen MR) is 139 cm³/mol. The number of carbonyl (C=O) groups is 1. The highest BCUT2D eigenvalue weighted by Crippen LogP contribution is 2.68. The molecule has 198 valence electrons. The normalized spacial score (nSPS) is 41.7. The zero-order chi connectivity index (χ0) is 25.4. The van der Waals surface area contributed by atoms with E-state index in [0.29, 0.717) is 10.8 Å². The number of likely N-dealkylation sites (tertiary alicyclic amines) is 1. The van der Waals surface area contributed by atoms with Crippen LogP contribution in [0.1, 0.15) is 82.2 Å². The van der Waals surface area contributed by atoms with Crippen molar-refractivity contribution in [2.75, 3.05) is 20.6 Å². The molecule has 2 heterocycles. The first kappa shape index (κ1) is 24.5. The summed E-state index contributed by atoms with van der Waals surface area (Å²) in [6.45, 7) is 10.3. The van der Waals surface area contributed by atoms with Gasteiger partial charge in [-0.15, -0.1) is 0 Å². The van der Waals surface area contributed by atoms with Gasteiger partial charge in [0.2, 0.25) is 0 Å². The maximum atomic E-state index is 12.9. The summed E-state index contributed by atoms with van der Waals surface area (Å²) in [5, 5.41) is 3.97. The molecule has 0 aromatic carbocycles. The lowest BCUT2D eigenvalue weighted by Gasteiger charge is -2.58. The first-order chi connectivity index (χ1) is 17.2. The molecular formula is C30H45N3O3. The van der Waals surface area contributed by atoms with Gasteiger partial charge in [0.15, 0.2) is 0 Å². The highest BCUT2D eigenvalue weighted by Gasteiger charge is 2.64. The third-order valence-corrected chi connectivity index (χ3v) is 12.0. The van der Waals surface area contributed by atoms with Crippen LogP contribution in [0.15, 0.2) is 16.2 Å². The van der Waals surface area contributed by atoms with Crippen LogP contribution in [0.3, 0.4) is 0 Å². The highest BCUT2D eigenvalue weighted by molar-refractivity contribution is 5.67. The molecule has 4 aliphatic carbocycles. The molecule has 4 fully saturated rings. The van der Waals surface area contributed by atoms with E-state index in [1.54, 1.807) is 5.57 Å². The van der Waals surface area contributed by atoms with E-state index >= 15 is 0 Å². The van der Waals surface area contributed by atoms with Crippen LogP contribution in [0.5, 0.6) is 0 Å². The number of nitrogens with zero attached hydrogens (tertiary/aromatic N) is 3. The van der Waals surface area contributed by atoms with Gasteiger partial charge in [0.1, 0.15) is 12.4 Å². The summed E-state index contributed by atoms with van der Waals surface area (Å²) in [6.07, 6.45) is 12.6. The summed E-state index contributed by atoms with van der Waals surface area (Å²) in [5.74, 6) is 4.20. The smallest absolute Gasteiger partial charge is 0.410 e. The highest BCUT2D eigenvalue weighted by atomic mass is 16.6. The Morgan fingerprint density at radius 1 is 1.19 bits per heavy atom. The minimum absolute atomic E-state index is 0.216. The van der Waals surface area contributed by atoms with Crippen LogP contribution >= 0.6 is 0 Å². The number of aromatic nitrogens is 1. The van der Waals surface area contributed by atoms with Crippen molar-refractivity contribution in [2.24, 2.45) is 34.5 Å². The van der Waals surface area contributed by atoms with E-state index in [2.05, 4.69) is 37.0 Å². The average molecular weight is 496 g/mol. The summed E-state index contributed by atoms with van der Waals surface area (Å²) in [6, 6.07) is 0.966. The number of hydrogen-bond donors (Lipinski definition) is 0. The fraction of sp³-hybridized carbons (Fsp3) is 0.800. The average Bonchev–Trinajstić information content (AvgIpc) is 3.47. The van der Waals surface area contributed by atoms with Gasteiger partial charge in [0, 0.05) is 25.7 Å². The second-order valence-electron chi connectivity index (χ2n) is 13.2. The van der Waals surface area contributed by atoms with Crippen LogP contribution in [0.4, 0.5) is 4.79 Å². The molecule has 0 bridgehead atoms. The molecule has 6 nitrogen and oxygen atoms in total. The summed E-state index contributed by atoms with van der Waals surface area (Å²) in [4.78, 5) is 17.4. The Labute approximate surface area is 216 Å². The molecule has 1 aliphatic heterocycles. The Morgan fingerprint density at radius 3 is 2.72 bits per heavy atom. The van der Waals surface area contributed by atoms with E-state index in [-0.39, 0.29) is 18.7 Å². The van der Waals surface area contributed by atoms with Gasteiger partial charge < -0.3 is 19.1 Å². The number of ether oxygens (including phenoxy) is 1. The molecule has 1 saturated heterocycles. The SMILES string of the molecule is Cc1noc(C)c1COC(=O)N(C)[C@H]1CC[C@@]2(C)C(=CC[C@H]3[C@@H]4CC[C@@H]5[C@H](C)N(C)CC54CC[C@@H]32)C1. The van der Waals surface area contributed by atoms with E-state index in [0.717, 1.165) is 59.6 Å². The fourth-order valence-electron chi connectivity index (χ4n) is 9.87. The molecule has 1 spiro atoms. The molecular weight excluding hydrogens is 450 g/mol. The molecule has 36 heavy (non-hydrogen) atoms. The van der Waals surface area contributed by atoms with Gasteiger partial charge >= 0.3 is 6.09 Å². The minimum Gasteiger partial charge on any atom is -0.444 e. The van der Waals surface area contributed by atoms with Crippen LogP contribution < -0.4 is 0 Å². The Morgan fingerprint density at radius 2 is 1.97 bits per heavy atom. The number of carbonyl (C=O) groups excluding carboxylic acids is 1. The van der Waals surface area contributed by atoms with Crippen LogP contribution in [-0.2, 0) is 11.3 Å². The van der Waals surface area contributed by atoms with Gasteiger partial charge in [-0.05, 0) is 114 Å². The Kier molecular flexibility index (Phi) is 5.86. The zero-order valence-corrected chi connectivity index (χ0v) is 23.2. The summed E-state index contributed by atoms with van der Waals surface area (Å²) in [5.41, 5.74) is 4.17. The summed E-state index contributed by atoms with van der Waals surface area (Å²) < 4.78 is 10.9. The van der Waals surface area contributed by atoms with Crippen LogP contribution in [0.25, 0.3) is 0 Å². The van der Waals surface area contributed by atoms with E-state index in [1.165, 1.54) is 45.1 Å². The predicted octanol–water partition coefficient (Wildman–Crippen LogP) is 6.12. The first-order valence-electron chi connectivity index (χ1n) is 14.4. The van der Waals surface area contributed by atoms with Gasteiger partial charge in [-0.25, -0.2) is 4.79 Å². The van der Waals surface area contributed by atoms with E-state index in [4.69, 9.17) is 9.26 Å². The molecule has 0 N–H and O–H groups in total. The van der Waals surface area contributed by atoms with Crippen LogP contribution in [0, 0.1) is 48.3 Å². The number of hydrogen-bond acceptors (Lipinski definition) is 5. The number of aryl methyl sites for hydroxylation is 2. The molecule has 5 aliphatic rings. The minimum atomic E-state index is -0.242. The van der Waals surface area contributed by atoms with Crippen molar-refractivity contribution >= 4 is 6.09 Å². The third-order valence-electron chi connectivity index (χ3n) is 12.0. The zero-order valence-electron chi connectivity index (χ0n) is 23.2. The largest absolute Gasteiger partial charge is 0.444 e. The van der Waals surface area contributed by atoms with Gasteiger partial charge in [0.05, 0.1) is 11.3 Å². The molecule has 8 atom stereocenters. The summed E-state index contributed by atoms with van der Waals surface area (Å²) in [7, 11) is 4.27. The molecule has 0 radical (unpaired) electrons. The van der Waals surface area contributed by atoms with E-state index in [9.17, 15) is 4.79 Å². The quantitative estimate of drug-likeness (QED) is 0.473. The maximum Gasteiger partial charge on any atom is 0.410 e. The Bertz CT molecular complexity index is 1040. The Balaban J connectivity index is 1.14. The third kappa shape index (κ3) is 3.45. The van der Waals surface area contributed by atoms with Crippen molar-refractivity contribution in [3.8, 4) is 0 Å². The molecule has 6 heteroatoms. The lowest BCUT2D eigenvalue weighted by molar-refractivity contribution is -0.0435. The first-order valence-corrected chi connectivity index (χ1v) is 14.4. The number of rotatable bonds is 3. The van der Waals surface area contributed by atoms with Gasteiger partial charge in [0.25, 0.3) is 0 Å². The van der Waals surface area contributed by atoms with Crippen molar-refractivity contribution < 1.29 is 14.1 Å². The van der Waals surface area contributed by atoms with Crippen molar-refractivity contribution in [2.45, 2.75) is 97.8 Å². The van der Waals surface area contributed by atoms with Gasteiger partial charge in [-0.2, -0.15) is 0 Å². The van der Waals surface area contributed by atoms with E-state index in [1.807, 2.05) is 25.8 Å². The van der Waals surface area contributed by atoms with E-state index < -0.39 is 0 Å². The lowest BCUT2D eigenvalue weighted by Crippen LogP contribution is -2.53. The molecule has 1 unspecified atom stereocenters. The number of amides is 1. The van der Waals surface area contributed by atoms with Crippen molar-refractivity contribution in [1.82, 2.24) is 15.0 Å². The van der Waals surface area contributed by atoms with Crippen LogP contribution in [-0.4, -0.2) is 53.8 Å². The molecule has 1 amide bonds. The maximum absolute atomic E-state index is 12.9. The van der Waals surface area contributed by atoms with Crippen molar-refractivity contribution in [3.63, 3.8) is 0 Å². The number of allylic oxidation sites excluding steroid dienone is 1. The second-order valence-corrected chi connectivity index (χ2v) is 13.2. The monoisotopic (exact) mass is 495 g/mol.